The number of benzene rings is 2. The smallest absolute Gasteiger partial charge is 0.257 e. The van der Waals surface area contributed by atoms with Crippen molar-refractivity contribution >= 4 is 29.1 Å². The lowest BCUT2D eigenvalue weighted by molar-refractivity contribution is -0.136. The summed E-state index contributed by atoms with van der Waals surface area (Å²) in [5, 5.41) is 4.75. The van der Waals surface area contributed by atoms with Gasteiger partial charge < -0.3 is 14.3 Å². The van der Waals surface area contributed by atoms with Crippen molar-refractivity contribution in [1.29, 1.82) is 0 Å². The quantitative estimate of drug-likeness (QED) is 0.596. The van der Waals surface area contributed by atoms with E-state index in [4.69, 9.17) is 16.1 Å². The van der Waals surface area contributed by atoms with E-state index in [9.17, 15) is 9.59 Å². The van der Waals surface area contributed by atoms with Crippen LogP contribution in [-0.4, -0.2) is 46.5 Å². The van der Waals surface area contributed by atoms with Gasteiger partial charge in [-0.1, -0.05) is 41.0 Å². The number of piperidine rings is 1. The molecule has 1 aromatic heterocycles. The number of halogens is 1. The summed E-state index contributed by atoms with van der Waals surface area (Å²) in [7, 11) is 0. The molecular formula is C24H23ClN4O3. The van der Waals surface area contributed by atoms with Crippen LogP contribution < -0.4 is 4.90 Å². The number of carbonyl (C=O) groups is 2. The number of rotatable bonds is 4. The maximum Gasteiger partial charge on any atom is 0.257 e. The van der Waals surface area contributed by atoms with Gasteiger partial charge in [0.1, 0.15) is 0 Å². The Morgan fingerprint density at radius 1 is 1.06 bits per heavy atom. The highest BCUT2D eigenvalue weighted by molar-refractivity contribution is 6.31. The fourth-order valence-electron chi connectivity index (χ4n) is 4.48. The topological polar surface area (TPSA) is 79.5 Å². The van der Waals surface area contributed by atoms with Crippen molar-refractivity contribution in [3.8, 4) is 11.5 Å². The molecule has 1 atom stereocenters. The number of nitrogens with zero attached hydrogens (tertiary/aromatic N) is 4. The van der Waals surface area contributed by atoms with E-state index >= 15 is 0 Å². The fraction of sp³-hybridized carbons (Fsp3) is 0.333. The first-order valence-corrected chi connectivity index (χ1v) is 11.2. The Morgan fingerprint density at radius 3 is 2.59 bits per heavy atom. The number of amides is 2. The van der Waals surface area contributed by atoms with Gasteiger partial charge in [0.25, 0.3) is 5.89 Å². The maximum atomic E-state index is 13.1. The molecule has 1 unspecified atom stereocenters. The van der Waals surface area contributed by atoms with Crippen LogP contribution in [0.2, 0.25) is 5.02 Å². The minimum atomic E-state index is -0.326. The van der Waals surface area contributed by atoms with Crippen molar-refractivity contribution in [2.24, 2.45) is 5.92 Å². The molecule has 0 radical (unpaired) electrons. The molecule has 2 amide bonds. The second-order valence-electron chi connectivity index (χ2n) is 8.31. The molecule has 2 saturated heterocycles. The summed E-state index contributed by atoms with van der Waals surface area (Å²) >= 11 is 6.06. The number of hydrogen-bond acceptors (Lipinski definition) is 5. The van der Waals surface area contributed by atoms with Gasteiger partial charge in [0.05, 0.1) is 5.92 Å². The van der Waals surface area contributed by atoms with Crippen LogP contribution in [0.15, 0.2) is 59.1 Å². The third-order valence-corrected chi connectivity index (χ3v) is 6.46. The molecule has 0 bridgehead atoms. The van der Waals surface area contributed by atoms with Crippen LogP contribution >= 0.6 is 11.6 Å². The van der Waals surface area contributed by atoms with Crippen molar-refractivity contribution in [3.63, 3.8) is 0 Å². The average Bonchev–Trinajstić information content (AvgIpc) is 3.47. The molecule has 0 aliphatic carbocycles. The van der Waals surface area contributed by atoms with Crippen molar-refractivity contribution < 1.29 is 14.1 Å². The molecule has 164 valence electrons. The summed E-state index contributed by atoms with van der Waals surface area (Å²) in [6, 6.07) is 16.9. The van der Waals surface area contributed by atoms with Crippen LogP contribution in [0, 0.1) is 5.92 Å². The second-order valence-corrected chi connectivity index (χ2v) is 8.75. The third kappa shape index (κ3) is 4.12. The van der Waals surface area contributed by atoms with Gasteiger partial charge in [-0.15, -0.1) is 0 Å². The van der Waals surface area contributed by atoms with Crippen molar-refractivity contribution in [2.45, 2.75) is 25.2 Å². The second kappa shape index (κ2) is 8.74. The molecule has 7 nitrogen and oxygen atoms in total. The first-order chi connectivity index (χ1) is 15.6. The Hall–Kier alpha value is -3.19. The molecule has 2 aliphatic rings. The zero-order valence-corrected chi connectivity index (χ0v) is 18.2. The van der Waals surface area contributed by atoms with Crippen molar-refractivity contribution in [2.75, 3.05) is 24.5 Å². The molecule has 0 N–H and O–H groups in total. The van der Waals surface area contributed by atoms with Crippen LogP contribution in [0.25, 0.3) is 11.5 Å². The first kappa shape index (κ1) is 20.7. The summed E-state index contributed by atoms with van der Waals surface area (Å²) in [5.74, 6) is 1.05. The Kier molecular flexibility index (Phi) is 5.66. The summed E-state index contributed by atoms with van der Waals surface area (Å²) in [6.07, 6.45) is 1.78. The van der Waals surface area contributed by atoms with Crippen LogP contribution in [0.1, 0.15) is 31.0 Å². The zero-order chi connectivity index (χ0) is 22.1. The number of aromatic nitrogens is 2. The molecule has 8 heteroatoms. The Bertz CT molecular complexity index is 1130. The maximum absolute atomic E-state index is 13.1. The highest BCUT2D eigenvalue weighted by Crippen LogP contribution is 2.31. The third-order valence-electron chi connectivity index (χ3n) is 6.23. The fourth-order valence-corrected chi connectivity index (χ4v) is 4.67. The van der Waals surface area contributed by atoms with E-state index in [1.165, 1.54) is 0 Å². The van der Waals surface area contributed by atoms with E-state index in [0.717, 1.165) is 24.1 Å². The van der Waals surface area contributed by atoms with Gasteiger partial charge in [-0.3, -0.25) is 9.59 Å². The summed E-state index contributed by atoms with van der Waals surface area (Å²) < 4.78 is 5.44. The van der Waals surface area contributed by atoms with E-state index in [1.54, 1.807) is 17.0 Å². The predicted molar refractivity (Wildman–Crippen MR) is 120 cm³/mol. The molecule has 0 saturated carbocycles. The minimum absolute atomic E-state index is 0.0410. The summed E-state index contributed by atoms with van der Waals surface area (Å²) in [4.78, 5) is 33.7. The van der Waals surface area contributed by atoms with Crippen LogP contribution in [0.3, 0.4) is 0 Å². The van der Waals surface area contributed by atoms with Gasteiger partial charge in [0.15, 0.2) is 5.82 Å². The van der Waals surface area contributed by atoms with E-state index in [2.05, 4.69) is 10.1 Å². The molecule has 0 spiro atoms. The van der Waals surface area contributed by atoms with E-state index in [0.29, 0.717) is 36.4 Å². The average molecular weight is 451 g/mol. The summed E-state index contributed by atoms with van der Waals surface area (Å²) in [5.41, 5.74) is 1.64. The number of anilines is 1. The standard InChI is InChI=1S/C24H23ClN4O3/c25-19-7-4-8-20(14-19)29-15-18(13-21(29)30)24(31)28-11-9-16(10-12-28)22-26-23(32-27-22)17-5-2-1-3-6-17/h1-8,14,16,18H,9-13,15H2. The highest BCUT2D eigenvalue weighted by atomic mass is 35.5. The van der Waals surface area contributed by atoms with Gasteiger partial charge in [0.2, 0.25) is 11.8 Å². The lowest BCUT2D eigenvalue weighted by Gasteiger charge is -2.32. The molecule has 5 rings (SSSR count). The number of hydrogen-bond donors (Lipinski definition) is 0. The monoisotopic (exact) mass is 450 g/mol. The highest BCUT2D eigenvalue weighted by Gasteiger charge is 2.38. The Labute approximate surface area is 191 Å². The number of likely N-dealkylation sites (tertiary alicyclic amines) is 1. The van der Waals surface area contributed by atoms with Gasteiger partial charge in [-0.25, -0.2) is 0 Å². The van der Waals surface area contributed by atoms with Crippen LogP contribution in [0.5, 0.6) is 0 Å². The van der Waals surface area contributed by atoms with Crippen LogP contribution in [0.4, 0.5) is 5.69 Å². The molecule has 2 aromatic carbocycles. The van der Waals surface area contributed by atoms with Crippen molar-refractivity contribution in [1.82, 2.24) is 15.0 Å². The lowest BCUT2D eigenvalue weighted by atomic mass is 9.95. The zero-order valence-electron chi connectivity index (χ0n) is 17.5. The van der Waals surface area contributed by atoms with Crippen molar-refractivity contribution in [3.05, 3.63) is 65.4 Å². The molecule has 3 aromatic rings. The van der Waals surface area contributed by atoms with E-state index in [-0.39, 0.29) is 30.1 Å². The Morgan fingerprint density at radius 2 is 1.84 bits per heavy atom. The molecule has 2 aliphatic heterocycles. The summed E-state index contributed by atoms with van der Waals surface area (Å²) in [6.45, 7) is 1.64. The molecule has 32 heavy (non-hydrogen) atoms. The largest absolute Gasteiger partial charge is 0.342 e. The van der Waals surface area contributed by atoms with Gasteiger partial charge in [-0.05, 0) is 43.2 Å². The molecule has 2 fully saturated rings. The molecule has 3 heterocycles. The number of carbonyl (C=O) groups excluding carboxylic acids is 2. The lowest BCUT2D eigenvalue weighted by Crippen LogP contribution is -2.42. The van der Waals surface area contributed by atoms with Gasteiger partial charge in [0, 0.05) is 48.2 Å². The predicted octanol–water partition coefficient (Wildman–Crippen LogP) is 4.15. The van der Waals surface area contributed by atoms with Gasteiger partial charge >= 0.3 is 0 Å². The van der Waals surface area contributed by atoms with Gasteiger partial charge in [-0.2, -0.15) is 4.98 Å². The first-order valence-electron chi connectivity index (χ1n) is 10.8. The van der Waals surface area contributed by atoms with Crippen LogP contribution in [-0.2, 0) is 9.59 Å². The normalized spacial score (nSPS) is 19.5. The SMILES string of the molecule is O=C(C1CC(=O)N(c2cccc(Cl)c2)C1)N1CCC(c2noc(-c3ccccc3)n2)CC1. The molecular weight excluding hydrogens is 428 g/mol. The minimum Gasteiger partial charge on any atom is -0.342 e. The van der Waals surface area contributed by atoms with E-state index in [1.807, 2.05) is 47.4 Å². The Balaban J connectivity index is 1.19. The van der Waals surface area contributed by atoms with E-state index < -0.39 is 0 Å².